The van der Waals surface area contributed by atoms with E-state index in [1.54, 1.807) is 0 Å². The molecule has 0 amide bonds. The molecule has 4 heteroatoms. The van der Waals surface area contributed by atoms with E-state index in [0.717, 1.165) is 27.6 Å². The summed E-state index contributed by atoms with van der Waals surface area (Å²) in [6, 6.07) is 47.3. The van der Waals surface area contributed by atoms with Gasteiger partial charge >= 0.3 is 0 Å². The van der Waals surface area contributed by atoms with Crippen molar-refractivity contribution in [2.45, 2.75) is 0 Å². The number of pyridine rings is 1. The molecule has 0 bridgehead atoms. The average Bonchev–Trinajstić information content (AvgIpc) is 3.41. The zero-order valence-electron chi connectivity index (χ0n) is 21.0. The lowest BCUT2D eigenvalue weighted by Gasteiger charge is -2.26. The fraction of sp³-hybridized carbons (Fsp3) is 0. The third-order valence-electron chi connectivity index (χ3n) is 7.80. The Hall–Kier alpha value is -4.30. The van der Waals surface area contributed by atoms with E-state index in [1.165, 1.54) is 37.5 Å². The number of rotatable bonds is 3. The molecule has 0 aliphatic carbocycles. The van der Waals surface area contributed by atoms with Crippen LogP contribution >= 0.6 is 6.04 Å². The summed E-state index contributed by atoms with van der Waals surface area (Å²) >= 11 is 6.87. The van der Waals surface area contributed by atoms with Gasteiger partial charge in [-0.05, 0) is 57.1 Å². The molecule has 2 nitrogen and oxygen atoms in total. The van der Waals surface area contributed by atoms with Gasteiger partial charge in [0.05, 0.1) is 16.6 Å². The van der Waals surface area contributed by atoms with E-state index < -0.39 is 6.04 Å². The predicted molar refractivity (Wildman–Crippen MR) is 171 cm³/mol. The molecule has 0 spiro atoms. The van der Waals surface area contributed by atoms with Crippen LogP contribution in [0.1, 0.15) is 0 Å². The minimum absolute atomic E-state index is 0.981. The number of fused-ring (bicyclic) bond motifs is 9. The third-order valence-corrected chi connectivity index (χ3v) is 12.8. The zero-order valence-corrected chi connectivity index (χ0v) is 22.7. The number of hydrogen-bond donors (Lipinski definition) is 0. The fourth-order valence-electron chi connectivity index (χ4n) is 6.04. The second-order valence-electron chi connectivity index (χ2n) is 9.96. The lowest BCUT2D eigenvalue weighted by atomic mass is 10.0. The molecule has 0 saturated heterocycles. The minimum Gasteiger partial charge on any atom is -0.292 e. The molecule has 6 aromatic carbocycles. The van der Waals surface area contributed by atoms with Crippen LogP contribution in [0.15, 0.2) is 140 Å². The quantitative estimate of drug-likeness (QED) is 0.131. The Labute approximate surface area is 231 Å². The molecular formula is C35H23N2PS. The van der Waals surface area contributed by atoms with Crippen molar-refractivity contribution in [2.24, 2.45) is 0 Å². The molecule has 2 aromatic heterocycles. The highest BCUT2D eigenvalue weighted by molar-refractivity contribution is 8.25. The first kappa shape index (κ1) is 22.7. The standard InChI is InChI=1S/C35H23N2PS/c39-38(26-14-3-1-4-15-26,27-16-5-2-6-17-27)33-21-11-20-32-34(33)28-22-24-12-7-8-13-25(24)23-29(28)35-36-30-18-9-10-19-31(30)37(32)35/h1-23H. The van der Waals surface area contributed by atoms with Gasteiger partial charge in [0.1, 0.15) is 5.65 Å². The van der Waals surface area contributed by atoms with Gasteiger partial charge in [0, 0.05) is 22.1 Å². The number of para-hydroxylation sites is 2. The summed E-state index contributed by atoms with van der Waals surface area (Å²) in [4.78, 5) is 5.15. The molecule has 0 fully saturated rings. The van der Waals surface area contributed by atoms with Crippen LogP contribution in [0.25, 0.3) is 49.1 Å². The molecule has 0 aliphatic rings. The molecule has 8 rings (SSSR count). The fourth-order valence-corrected chi connectivity index (χ4v) is 10.1. The van der Waals surface area contributed by atoms with Gasteiger partial charge in [-0.3, -0.25) is 4.40 Å². The summed E-state index contributed by atoms with van der Waals surface area (Å²) in [6.07, 6.45) is 0. The lowest BCUT2D eigenvalue weighted by molar-refractivity contribution is 1.32. The first-order chi connectivity index (χ1) is 19.2. The van der Waals surface area contributed by atoms with E-state index >= 15 is 0 Å². The van der Waals surface area contributed by atoms with Crippen LogP contribution in [-0.4, -0.2) is 9.38 Å². The molecule has 0 saturated carbocycles. The average molecular weight is 535 g/mol. The van der Waals surface area contributed by atoms with E-state index in [2.05, 4.69) is 144 Å². The van der Waals surface area contributed by atoms with Crippen LogP contribution in [0.3, 0.4) is 0 Å². The summed E-state index contributed by atoms with van der Waals surface area (Å²) in [7, 11) is 0. The molecule has 8 aromatic rings. The van der Waals surface area contributed by atoms with Gasteiger partial charge in [0.2, 0.25) is 0 Å². The molecule has 0 N–H and O–H groups in total. The Morgan fingerprint density at radius 3 is 1.79 bits per heavy atom. The Morgan fingerprint density at radius 1 is 0.538 bits per heavy atom. The van der Waals surface area contributed by atoms with Crippen molar-refractivity contribution in [3.05, 3.63) is 140 Å². The van der Waals surface area contributed by atoms with Crippen molar-refractivity contribution in [2.75, 3.05) is 0 Å². The Bertz CT molecular complexity index is 2210. The van der Waals surface area contributed by atoms with Crippen molar-refractivity contribution in [3.63, 3.8) is 0 Å². The lowest BCUT2D eigenvalue weighted by Crippen LogP contribution is -2.25. The van der Waals surface area contributed by atoms with Gasteiger partial charge in [-0.15, -0.1) is 0 Å². The predicted octanol–water partition coefficient (Wildman–Crippen LogP) is 7.70. The van der Waals surface area contributed by atoms with E-state index in [-0.39, 0.29) is 0 Å². The zero-order chi connectivity index (χ0) is 26.0. The number of hydrogen-bond acceptors (Lipinski definition) is 2. The molecule has 0 radical (unpaired) electrons. The molecule has 2 heterocycles. The number of aromatic nitrogens is 2. The van der Waals surface area contributed by atoms with Crippen LogP contribution in [0, 0.1) is 0 Å². The van der Waals surface area contributed by atoms with Crippen LogP contribution in [0.5, 0.6) is 0 Å². The van der Waals surface area contributed by atoms with E-state index in [4.69, 9.17) is 16.8 Å². The van der Waals surface area contributed by atoms with Crippen LogP contribution in [0.2, 0.25) is 0 Å². The maximum atomic E-state index is 6.87. The maximum Gasteiger partial charge on any atom is 0.146 e. The van der Waals surface area contributed by atoms with E-state index in [1.807, 2.05) is 0 Å². The van der Waals surface area contributed by atoms with Crippen LogP contribution < -0.4 is 15.9 Å². The first-order valence-corrected chi connectivity index (χ1v) is 15.9. The maximum absolute atomic E-state index is 6.87. The molecule has 39 heavy (non-hydrogen) atoms. The van der Waals surface area contributed by atoms with Crippen LogP contribution in [-0.2, 0) is 11.8 Å². The summed E-state index contributed by atoms with van der Waals surface area (Å²) in [6.45, 7) is 0. The Kier molecular flexibility index (Phi) is 5.00. The van der Waals surface area contributed by atoms with Crippen molar-refractivity contribution in [1.82, 2.24) is 9.38 Å². The Morgan fingerprint density at radius 2 is 1.10 bits per heavy atom. The van der Waals surface area contributed by atoms with E-state index in [0.29, 0.717) is 0 Å². The highest BCUT2D eigenvalue weighted by atomic mass is 32.4. The van der Waals surface area contributed by atoms with Gasteiger partial charge in [-0.2, -0.15) is 0 Å². The molecule has 0 atom stereocenters. The number of imidazole rings is 1. The van der Waals surface area contributed by atoms with Gasteiger partial charge < -0.3 is 0 Å². The van der Waals surface area contributed by atoms with Crippen molar-refractivity contribution in [3.8, 4) is 0 Å². The second kappa shape index (κ2) is 8.61. The molecule has 184 valence electrons. The third kappa shape index (κ3) is 3.27. The molecule has 0 aliphatic heterocycles. The topological polar surface area (TPSA) is 17.3 Å². The largest absolute Gasteiger partial charge is 0.292 e. The Balaban J connectivity index is 1.65. The van der Waals surface area contributed by atoms with Crippen molar-refractivity contribution in [1.29, 1.82) is 0 Å². The summed E-state index contributed by atoms with van der Waals surface area (Å²) < 4.78 is 2.33. The molecule has 0 unspecified atom stereocenters. The smallest absolute Gasteiger partial charge is 0.146 e. The normalized spacial score (nSPS) is 12.2. The first-order valence-electron chi connectivity index (χ1n) is 13.1. The van der Waals surface area contributed by atoms with Gasteiger partial charge in [0.25, 0.3) is 0 Å². The van der Waals surface area contributed by atoms with Gasteiger partial charge in [-0.1, -0.05) is 121 Å². The second-order valence-corrected chi connectivity index (χ2v) is 14.3. The SMILES string of the molecule is S=P(c1ccccc1)(c1ccccc1)c1cccc2c1c1cc3ccccc3cc1c1nc3ccccc3n21. The van der Waals surface area contributed by atoms with Gasteiger partial charge in [0.15, 0.2) is 0 Å². The van der Waals surface area contributed by atoms with Gasteiger partial charge in [-0.25, -0.2) is 4.98 Å². The summed E-state index contributed by atoms with van der Waals surface area (Å²) in [5.41, 5.74) is 4.22. The molecular weight excluding hydrogens is 511 g/mol. The number of benzene rings is 6. The van der Waals surface area contributed by atoms with Crippen molar-refractivity contribution >= 4 is 82.9 Å². The van der Waals surface area contributed by atoms with E-state index in [9.17, 15) is 0 Å². The highest BCUT2D eigenvalue weighted by Crippen LogP contribution is 2.46. The summed E-state index contributed by atoms with van der Waals surface area (Å²) in [5.74, 6) is 0. The number of nitrogens with zero attached hydrogens (tertiary/aromatic N) is 2. The van der Waals surface area contributed by atoms with Crippen LogP contribution in [0.4, 0.5) is 0 Å². The monoisotopic (exact) mass is 534 g/mol. The minimum atomic E-state index is -2.41. The van der Waals surface area contributed by atoms with Crippen molar-refractivity contribution < 1.29 is 0 Å². The highest BCUT2D eigenvalue weighted by Gasteiger charge is 2.28. The summed E-state index contributed by atoms with van der Waals surface area (Å²) in [5, 5.41) is 9.59.